The van der Waals surface area contributed by atoms with Crippen LogP contribution in [0.1, 0.15) is 36.1 Å². The third-order valence-electron chi connectivity index (χ3n) is 6.10. The number of nitriles is 2. The molecule has 1 aliphatic rings. The van der Waals surface area contributed by atoms with Crippen LogP contribution >= 0.6 is 0 Å². The number of fused-ring (bicyclic) bond motifs is 1. The zero-order valence-corrected chi connectivity index (χ0v) is 18.6. The van der Waals surface area contributed by atoms with E-state index in [2.05, 4.69) is 22.1 Å². The van der Waals surface area contributed by atoms with Crippen LogP contribution in [0.2, 0.25) is 0 Å². The Morgan fingerprint density at radius 3 is 2.44 bits per heavy atom. The second-order valence-electron chi connectivity index (χ2n) is 8.28. The van der Waals surface area contributed by atoms with Crippen molar-refractivity contribution in [3.63, 3.8) is 0 Å². The lowest BCUT2D eigenvalue weighted by atomic mass is 10.0. The van der Waals surface area contributed by atoms with Crippen molar-refractivity contribution in [2.75, 3.05) is 23.7 Å². The summed E-state index contributed by atoms with van der Waals surface area (Å²) >= 11 is 0. The zero-order valence-electron chi connectivity index (χ0n) is 18.6. The van der Waals surface area contributed by atoms with Crippen molar-refractivity contribution in [1.29, 1.82) is 10.5 Å². The first-order chi connectivity index (χ1) is 16.7. The molecule has 0 amide bonds. The van der Waals surface area contributed by atoms with E-state index < -0.39 is 0 Å². The third-order valence-corrected chi connectivity index (χ3v) is 6.10. The predicted molar refractivity (Wildman–Crippen MR) is 134 cm³/mol. The van der Waals surface area contributed by atoms with Crippen LogP contribution in [-0.2, 0) is 0 Å². The fourth-order valence-electron chi connectivity index (χ4n) is 4.39. The van der Waals surface area contributed by atoms with Crippen molar-refractivity contribution in [3.05, 3.63) is 77.5 Å². The average molecular weight is 446 g/mol. The van der Waals surface area contributed by atoms with E-state index in [1.54, 1.807) is 6.08 Å². The molecule has 34 heavy (non-hydrogen) atoms. The summed E-state index contributed by atoms with van der Waals surface area (Å²) in [4.78, 5) is 7.23. The van der Waals surface area contributed by atoms with Gasteiger partial charge in [-0.25, -0.2) is 9.67 Å². The highest BCUT2D eigenvalue weighted by molar-refractivity contribution is 5.95. The number of para-hydroxylation sites is 2. The molecule has 0 bridgehead atoms. The lowest BCUT2D eigenvalue weighted by molar-refractivity contribution is 0.574. The predicted octanol–water partition coefficient (Wildman–Crippen LogP) is 4.93. The van der Waals surface area contributed by atoms with Crippen molar-refractivity contribution in [1.82, 2.24) is 14.8 Å². The van der Waals surface area contributed by atoms with Gasteiger partial charge in [-0.1, -0.05) is 36.4 Å². The Bertz CT molecular complexity index is 1460. The number of nitrogen functional groups attached to an aromatic ring is 1. The largest absolute Gasteiger partial charge is 0.382 e. The maximum atomic E-state index is 10.1. The number of pyridine rings is 1. The monoisotopic (exact) mass is 445 g/mol. The second-order valence-corrected chi connectivity index (χ2v) is 8.28. The van der Waals surface area contributed by atoms with Crippen LogP contribution in [0.15, 0.2) is 60.7 Å². The number of nitrogens with zero attached hydrogens (tertiary/aromatic N) is 6. The van der Waals surface area contributed by atoms with Gasteiger partial charge in [-0.05, 0) is 49.6 Å². The molecule has 0 saturated carbocycles. The van der Waals surface area contributed by atoms with Crippen LogP contribution < -0.4 is 10.6 Å². The third kappa shape index (κ3) is 3.85. The lowest BCUT2D eigenvalue weighted by Crippen LogP contribution is -2.30. The average Bonchev–Trinajstić information content (AvgIpc) is 3.23. The Morgan fingerprint density at radius 1 is 0.971 bits per heavy atom. The minimum atomic E-state index is 0.185. The fraction of sp³-hybridized carbons (Fsp3) is 0.185. The Morgan fingerprint density at radius 2 is 1.71 bits per heavy atom. The molecule has 0 spiro atoms. The minimum absolute atomic E-state index is 0.185. The number of benzene rings is 2. The summed E-state index contributed by atoms with van der Waals surface area (Å²) in [5, 5.41) is 25.5. The first kappa shape index (κ1) is 21.2. The van der Waals surface area contributed by atoms with Gasteiger partial charge in [-0.2, -0.15) is 15.6 Å². The van der Waals surface area contributed by atoms with Gasteiger partial charge < -0.3 is 10.6 Å². The Balaban J connectivity index is 1.68. The van der Waals surface area contributed by atoms with Crippen LogP contribution in [0.4, 0.5) is 11.6 Å². The highest BCUT2D eigenvalue weighted by atomic mass is 15.3. The molecule has 3 heterocycles. The molecular formula is C27H23N7. The quantitative estimate of drug-likeness (QED) is 0.446. The summed E-state index contributed by atoms with van der Waals surface area (Å²) in [5.74, 6) is 1.05. The molecule has 4 aromatic rings. The van der Waals surface area contributed by atoms with Crippen LogP contribution in [0.25, 0.3) is 28.2 Å². The SMILES string of the molecule is N#CC(=Cc1cc2ccccc2nc1N1CCCCC1)c1nn(-c2ccccc2)c(N)c1C#N. The van der Waals surface area contributed by atoms with Crippen molar-refractivity contribution in [2.45, 2.75) is 19.3 Å². The highest BCUT2D eigenvalue weighted by Crippen LogP contribution is 2.31. The van der Waals surface area contributed by atoms with E-state index in [-0.39, 0.29) is 22.6 Å². The number of nitrogens with two attached hydrogens (primary N) is 1. The molecule has 1 aliphatic heterocycles. The van der Waals surface area contributed by atoms with Gasteiger partial charge in [0.1, 0.15) is 35.0 Å². The molecule has 0 unspecified atom stereocenters. The molecule has 7 nitrogen and oxygen atoms in total. The molecule has 7 heteroatoms. The summed E-state index contributed by atoms with van der Waals surface area (Å²) in [7, 11) is 0. The molecule has 1 fully saturated rings. The van der Waals surface area contributed by atoms with Crippen molar-refractivity contribution in [3.8, 4) is 17.8 Å². The van der Waals surface area contributed by atoms with E-state index in [4.69, 9.17) is 10.7 Å². The van der Waals surface area contributed by atoms with Crippen LogP contribution in [-0.4, -0.2) is 27.9 Å². The van der Waals surface area contributed by atoms with Gasteiger partial charge in [-0.3, -0.25) is 0 Å². The summed E-state index contributed by atoms with van der Waals surface area (Å²) < 4.78 is 1.50. The van der Waals surface area contributed by atoms with Gasteiger partial charge in [0.15, 0.2) is 0 Å². The molecular weight excluding hydrogens is 422 g/mol. The molecule has 5 rings (SSSR count). The van der Waals surface area contributed by atoms with Gasteiger partial charge in [0.05, 0.1) is 16.8 Å². The smallest absolute Gasteiger partial charge is 0.145 e. The zero-order chi connectivity index (χ0) is 23.5. The first-order valence-electron chi connectivity index (χ1n) is 11.3. The maximum absolute atomic E-state index is 10.1. The van der Waals surface area contributed by atoms with Crippen LogP contribution in [0.5, 0.6) is 0 Å². The summed E-state index contributed by atoms with van der Waals surface area (Å²) in [5.41, 5.74) is 9.46. The Hall–Kier alpha value is -4.62. The number of piperidine rings is 1. The number of hydrogen-bond donors (Lipinski definition) is 1. The number of hydrogen-bond acceptors (Lipinski definition) is 6. The van der Waals surface area contributed by atoms with Crippen molar-refractivity contribution in [2.24, 2.45) is 0 Å². The molecule has 0 radical (unpaired) electrons. The second kappa shape index (κ2) is 9.09. The standard InChI is InChI=1S/C27H23N7/c28-17-21(25-23(18-29)26(30)34(32-25)22-10-3-1-4-11-22)16-20-15-19-9-5-6-12-24(19)31-27(20)33-13-7-2-8-14-33/h1,3-6,9-12,15-16H,2,7-8,13-14,30H2. The Kier molecular flexibility index (Phi) is 5.68. The molecule has 166 valence electrons. The fourth-order valence-corrected chi connectivity index (χ4v) is 4.39. The van der Waals surface area contributed by atoms with Crippen molar-refractivity contribution < 1.29 is 0 Å². The van der Waals surface area contributed by atoms with Gasteiger partial charge in [0, 0.05) is 24.0 Å². The first-order valence-corrected chi connectivity index (χ1v) is 11.3. The highest BCUT2D eigenvalue weighted by Gasteiger charge is 2.22. The number of allylic oxidation sites excluding steroid dienone is 1. The van der Waals surface area contributed by atoms with Gasteiger partial charge in [0.2, 0.25) is 0 Å². The van der Waals surface area contributed by atoms with Gasteiger partial charge in [0.25, 0.3) is 0 Å². The molecule has 0 aliphatic carbocycles. The molecule has 0 atom stereocenters. The van der Waals surface area contributed by atoms with E-state index in [0.29, 0.717) is 0 Å². The van der Waals surface area contributed by atoms with Crippen molar-refractivity contribution >= 4 is 34.2 Å². The lowest BCUT2D eigenvalue weighted by Gasteiger charge is -2.29. The van der Waals surface area contributed by atoms with Crippen LogP contribution in [0, 0.1) is 22.7 Å². The Labute approximate surface area is 198 Å². The number of aromatic nitrogens is 3. The number of anilines is 2. The van der Waals surface area contributed by atoms with E-state index in [1.165, 1.54) is 11.1 Å². The topological polar surface area (TPSA) is 108 Å². The van der Waals surface area contributed by atoms with E-state index >= 15 is 0 Å². The minimum Gasteiger partial charge on any atom is -0.382 e. The molecule has 2 N–H and O–H groups in total. The van der Waals surface area contributed by atoms with E-state index in [1.807, 2.05) is 60.7 Å². The summed E-state index contributed by atoms with van der Waals surface area (Å²) in [6.07, 6.45) is 5.21. The summed E-state index contributed by atoms with van der Waals surface area (Å²) in [6.45, 7) is 1.85. The van der Waals surface area contributed by atoms with Crippen LogP contribution in [0.3, 0.4) is 0 Å². The van der Waals surface area contributed by atoms with E-state index in [9.17, 15) is 10.5 Å². The summed E-state index contributed by atoms with van der Waals surface area (Å²) in [6, 6.07) is 23.7. The van der Waals surface area contributed by atoms with Gasteiger partial charge in [-0.15, -0.1) is 0 Å². The van der Waals surface area contributed by atoms with Gasteiger partial charge >= 0.3 is 0 Å². The van der Waals surface area contributed by atoms with E-state index in [0.717, 1.165) is 53.9 Å². The molecule has 2 aromatic carbocycles. The maximum Gasteiger partial charge on any atom is 0.145 e. The molecule has 2 aromatic heterocycles. The molecule has 1 saturated heterocycles. The number of rotatable bonds is 4. The normalized spacial score (nSPS) is 14.1.